The molecule has 8 nitrogen and oxygen atoms in total. The van der Waals surface area contributed by atoms with E-state index in [1.807, 2.05) is 9.47 Å². The third-order valence-electron chi connectivity index (χ3n) is 6.72. The SMILES string of the molecule is Cc1ccc(-n2cnnc2SCC(=O)N2CCC(n3nnc4c3CCCC4)CC2)cc1C. The van der Waals surface area contributed by atoms with Crippen LogP contribution < -0.4 is 0 Å². The molecule has 32 heavy (non-hydrogen) atoms. The second-order valence-corrected chi connectivity index (χ2v) is 9.73. The lowest BCUT2D eigenvalue weighted by molar-refractivity contribution is -0.129. The van der Waals surface area contributed by atoms with Crippen LogP contribution in [0.25, 0.3) is 5.69 Å². The molecule has 2 aromatic heterocycles. The highest BCUT2D eigenvalue weighted by atomic mass is 32.2. The molecule has 0 N–H and O–H groups in total. The number of rotatable bonds is 5. The molecule has 0 bridgehead atoms. The minimum absolute atomic E-state index is 0.156. The number of piperidine rings is 1. The van der Waals surface area contributed by atoms with Gasteiger partial charge in [0.05, 0.1) is 23.2 Å². The van der Waals surface area contributed by atoms with E-state index in [-0.39, 0.29) is 5.91 Å². The Labute approximate surface area is 192 Å². The molecular weight excluding hydrogens is 422 g/mol. The van der Waals surface area contributed by atoms with Crippen LogP contribution in [0.15, 0.2) is 29.7 Å². The van der Waals surface area contributed by atoms with E-state index in [9.17, 15) is 4.79 Å². The fraction of sp³-hybridized carbons (Fsp3) is 0.522. The molecule has 2 aliphatic rings. The van der Waals surface area contributed by atoms with E-state index in [1.165, 1.54) is 47.1 Å². The topological polar surface area (TPSA) is 81.7 Å². The number of aromatic nitrogens is 6. The Morgan fingerprint density at radius 3 is 2.72 bits per heavy atom. The van der Waals surface area contributed by atoms with Gasteiger partial charge in [-0.05, 0) is 75.6 Å². The lowest BCUT2D eigenvalue weighted by atomic mass is 9.99. The van der Waals surface area contributed by atoms with E-state index in [0.29, 0.717) is 11.8 Å². The lowest BCUT2D eigenvalue weighted by Crippen LogP contribution is -2.40. The summed E-state index contributed by atoms with van der Waals surface area (Å²) in [5, 5.41) is 17.9. The summed E-state index contributed by atoms with van der Waals surface area (Å²) in [6, 6.07) is 6.64. The normalized spacial score (nSPS) is 16.9. The van der Waals surface area contributed by atoms with Crippen molar-refractivity contribution in [2.45, 2.75) is 63.6 Å². The highest BCUT2D eigenvalue weighted by molar-refractivity contribution is 7.99. The van der Waals surface area contributed by atoms with Crippen LogP contribution in [0.1, 0.15) is 54.2 Å². The lowest BCUT2D eigenvalue weighted by Gasteiger charge is -2.32. The van der Waals surface area contributed by atoms with Crippen LogP contribution >= 0.6 is 11.8 Å². The van der Waals surface area contributed by atoms with Gasteiger partial charge in [0, 0.05) is 18.8 Å². The molecule has 0 radical (unpaired) electrons. The van der Waals surface area contributed by atoms with E-state index < -0.39 is 0 Å². The molecule has 1 fully saturated rings. The van der Waals surface area contributed by atoms with E-state index in [2.05, 4.69) is 57.2 Å². The van der Waals surface area contributed by atoms with Crippen LogP contribution in [0.3, 0.4) is 0 Å². The number of hydrogen-bond acceptors (Lipinski definition) is 6. The van der Waals surface area contributed by atoms with Crippen molar-refractivity contribution in [1.29, 1.82) is 0 Å². The number of amides is 1. The first kappa shape index (κ1) is 21.2. The third kappa shape index (κ3) is 4.18. The first-order valence-electron chi connectivity index (χ1n) is 11.4. The molecule has 0 unspecified atom stereocenters. The van der Waals surface area contributed by atoms with Crippen molar-refractivity contribution in [2.24, 2.45) is 0 Å². The van der Waals surface area contributed by atoms with Crippen LogP contribution in [-0.2, 0) is 17.6 Å². The van der Waals surface area contributed by atoms with Crippen molar-refractivity contribution in [3.63, 3.8) is 0 Å². The number of aryl methyl sites for hydroxylation is 3. The zero-order valence-corrected chi connectivity index (χ0v) is 19.5. The van der Waals surface area contributed by atoms with Crippen LogP contribution in [0.5, 0.6) is 0 Å². The summed E-state index contributed by atoms with van der Waals surface area (Å²) in [5.41, 5.74) is 5.99. The summed E-state index contributed by atoms with van der Waals surface area (Å²) < 4.78 is 4.10. The summed E-state index contributed by atoms with van der Waals surface area (Å²) >= 11 is 1.45. The van der Waals surface area contributed by atoms with Crippen molar-refractivity contribution in [3.8, 4) is 5.69 Å². The molecule has 1 saturated heterocycles. The van der Waals surface area contributed by atoms with Crippen LogP contribution in [-0.4, -0.2) is 59.4 Å². The molecule has 5 rings (SSSR count). The van der Waals surface area contributed by atoms with Crippen LogP contribution in [0, 0.1) is 13.8 Å². The third-order valence-corrected chi connectivity index (χ3v) is 7.65. The van der Waals surface area contributed by atoms with Gasteiger partial charge >= 0.3 is 0 Å². The number of carbonyl (C=O) groups excluding carboxylic acids is 1. The number of carbonyl (C=O) groups is 1. The molecule has 3 aromatic rings. The maximum absolute atomic E-state index is 12.9. The van der Waals surface area contributed by atoms with Gasteiger partial charge in [0.15, 0.2) is 5.16 Å². The van der Waals surface area contributed by atoms with Crippen molar-refractivity contribution < 1.29 is 4.79 Å². The minimum Gasteiger partial charge on any atom is -0.342 e. The maximum Gasteiger partial charge on any atom is 0.233 e. The fourth-order valence-electron chi connectivity index (χ4n) is 4.63. The molecule has 1 aliphatic heterocycles. The Morgan fingerprint density at radius 1 is 1.09 bits per heavy atom. The quantitative estimate of drug-likeness (QED) is 0.554. The highest BCUT2D eigenvalue weighted by Crippen LogP contribution is 2.28. The van der Waals surface area contributed by atoms with E-state index >= 15 is 0 Å². The Balaban J connectivity index is 1.17. The van der Waals surface area contributed by atoms with Gasteiger partial charge in [0.2, 0.25) is 5.91 Å². The second kappa shape index (κ2) is 9.05. The monoisotopic (exact) mass is 451 g/mol. The molecule has 9 heteroatoms. The fourth-order valence-corrected chi connectivity index (χ4v) is 5.46. The van der Waals surface area contributed by atoms with E-state index in [0.717, 1.165) is 49.6 Å². The van der Waals surface area contributed by atoms with Gasteiger partial charge in [0.25, 0.3) is 0 Å². The van der Waals surface area contributed by atoms with Gasteiger partial charge in [-0.2, -0.15) is 0 Å². The maximum atomic E-state index is 12.9. The average molecular weight is 452 g/mol. The van der Waals surface area contributed by atoms with Crippen molar-refractivity contribution in [3.05, 3.63) is 47.0 Å². The van der Waals surface area contributed by atoms with Gasteiger partial charge < -0.3 is 4.90 Å². The van der Waals surface area contributed by atoms with Gasteiger partial charge in [-0.1, -0.05) is 23.0 Å². The molecule has 1 aliphatic carbocycles. The molecule has 0 saturated carbocycles. The minimum atomic E-state index is 0.156. The van der Waals surface area contributed by atoms with E-state index in [1.54, 1.807) is 6.33 Å². The summed E-state index contributed by atoms with van der Waals surface area (Å²) in [4.78, 5) is 14.9. The number of nitrogens with zero attached hydrogens (tertiary/aromatic N) is 7. The molecule has 0 atom stereocenters. The summed E-state index contributed by atoms with van der Waals surface area (Å²) in [5.74, 6) is 0.524. The summed E-state index contributed by atoms with van der Waals surface area (Å²) in [7, 11) is 0. The summed E-state index contributed by atoms with van der Waals surface area (Å²) in [6.45, 7) is 5.73. The van der Waals surface area contributed by atoms with Crippen LogP contribution in [0.2, 0.25) is 0 Å². The summed E-state index contributed by atoms with van der Waals surface area (Å²) in [6.07, 6.45) is 8.16. The zero-order valence-electron chi connectivity index (χ0n) is 18.7. The Kier molecular flexibility index (Phi) is 5.99. The molecule has 1 amide bonds. The number of thioether (sulfide) groups is 1. The second-order valence-electron chi connectivity index (χ2n) is 8.79. The molecule has 168 valence electrons. The van der Waals surface area contributed by atoms with Gasteiger partial charge in [-0.15, -0.1) is 15.3 Å². The number of likely N-dealkylation sites (tertiary alicyclic amines) is 1. The predicted octanol–water partition coefficient (Wildman–Crippen LogP) is 3.31. The Bertz CT molecular complexity index is 1110. The van der Waals surface area contributed by atoms with Crippen LogP contribution in [0.4, 0.5) is 0 Å². The van der Waals surface area contributed by atoms with Gasteiger partial charge in [-0.25, -0.2) is 4.68 Å². The number of fused-ring (bicyclic) bond motifs is 1. The first-order chi connectivity index (χ1) is 15.6. The van der Waals surface area contributed by atoms with E-state index in [4.69, 9.17) is 0 Å². The molecule has 0 spiro atoms. The van der Waals surface area contributed by atoms with Crippen molar-refractivity contribution >= 4 is 17.7 Å². The number of benzene rings is 1. The standard InChI is InChI=1S/C23H29N7OS/c1-16-7-8-19(13-17(16)2)29-15-24-26-23(29)32-14-22(31)28-11-9-18(10-12-28)30-21-6-4-3-5-20(21)25-27-30/h7-8,13,15,18H,3-6,9-12,14H2,1-2H3. The Hall–Kier alpha value is -2.68. The molecule has 1 aromatic carbocycles. The van der Waals surface area contributed by atoms with Gasteiger partial charge in [0.1, 0.15) is 6.33 Å². The largest absolute Gasteiger partial charge is 0.342 e. The first-order valence-corrected chi connectivity index (χ1v) is 12.4. The average Bonchev–Trinajstić information content (AvgIpc) is 3.46. The molecule has 3 heterocycles. The number of hydrogen-bond donors (Lipinski definition) is 0. The highest BCUT2D eigenvalue weighted by Gasteiger charge is 2.28. The molecular formula is C23H29N7OS. The zero-order chi connectivity index (χ0) is 22.1. The predicted molar refractivity (Wildman–Crippen MR) is 123 cm³/mol. The van der Waals surface area contributed by atoms with Crippen molar-refractivity contribution in [2.75, 3.05) is 18.8 Å². The Morgan fingerprint density at radius 2 is 1.91 bits per heavy atom. The van der Waals surface area contributed by atoms with Gasteiger partial charge in [-0.3, -0.25) is 9.36 Å². The smallest absolute Gasteiger partial charge is 0.233 e. The van der Waals surface area contributed by atoms with Crippen molar-refractivity contribution in [1.82, 2.24) is 34.7 Å².